The van der Waals surface area contributed by atoms with Gasteiger partial charge in [-0.05, 0) is 23.5 Å². The highest BCUT2D eigenvalue weighted by Crippen LogP contribution is 2.23. The topological polar surface area (TPSA) is 6.48 Å². The summed E-state index contributed by atoms with van der Waals surface area (Å²) in [6.45, 7) is 11.2. The van der Waals surface area contributed by atoms with Crippen LogP contribution in [-0.2, 0) is 0 Å². The predicted octanol–water partition coefficient (Wildman–Crippen LogP) is 4.39. The molecule has 0 spiro atoms. The van der Waals surface area contributed by atoms with Crippen molar-refractivity contribution >= 4 is 5.57 Å². The Hall–Kier alpha value is -1.70. The maximum atomic E-state index is 2.35. The molecule has 0 fully saturated rings. The normalized spacial score (nSPS) is 15.2. The number of hydrazine groups is 1. The van der Waals surface area contributed by atoms with Crippen molar-refractivity contribution in [3.05, 3.63) is 54.4 Å². The summed E-state index contributed by atoms with van der Waals surface area (Å²) >= 11 is 0. The van der Waals surface area contributed by atoms with Crippen LogP contribution in [0, 0.1) is 11.8 Å². The molecule has 1 aromatic rings. The number of rotatable bonds is 5. The monoisotopic (exact) mass is 270 g/mol. The molecule has 0 radical (unpaired) electrons. The fourth-order valence-electron chi connectivity index (χ4n) is 2.40. The first kappa shape index (κ1) is 14.7. The molecular weight excluding hydrogens is 244 g/mol. The van der Waals surface area contributed by atoms with Crippen LogP contribution in [0.3, 0.4) is 0 Å². The lowest BCUT2D eigenvalue weighted by molar-refractivity contribution is 0.0508. The van der Waals surface area contributed by atoms with Gasteiger partial charge in [0.1, 0.15) is 0 Å². The zero-order valence-corrected chi connectivity index (χ0v) is 13.1. The van der Waals surface area contributed by atoms with Gasteiger partial charge in [-0.25, -0.2) is 0 Å². The van der Waals surface area contributed by atoms with Gasteiger partial charge in [-0.3, -0.25) is 10.0 Å². The molecule has 0 saturated carbocycles. The van der Waals surface area contributed by atoms with Gasteiger partial charge < -0.3 is 0 Å². The van der Waals surface area contributed by atoms with E-state index in [9.17, 15) is 0 Å². The lowest BCUT2D eigenvalue weighted by Gasteiger charge is -2.38. The minimum Gasteiger partial charge on any atom is -0.293 e. The highest BCUT2D eigenvalue weighted by Gasteiger charge is 2.16. The molecule has 0 atom stereocenters. The van der Waals surface area contributed by atoms with Crippen molar-refractivity contribution in [2.24, 2.45) is 11.8 Å². The Morgan fingerprint density at radius 1 is 0.850 bits per heavy atom. The zero-order chi connectivity index (χ0) is 14.5. The minimum atomic E-state index is 0.643. The van der Waals surface area contributed by atoms with Gasteiger partial charge in [-0.15, -0.1) is 0 Å². The van der Waals surface area contributed by atoms with Crippen LogP contribution in [0.5, 0.6) is 0 Å². The second-order valence-corrected chi connectivity index (χ2v) is 6.30. The first-order valence-corrected chi connectivity index (χ1v) is 7.55. The molecule has 108 valence electrons. The summed E-state index contributed by atoms with van der Waals surface area (Å²) in [7, 11) is 0. The summed E-state index contributed by atoms with van der Waals surface area (Å²) < 4.78 is 0. The van der Waals surface area contributed by atoms with Crippen LogP contribution in [0.4, 0.5) is 0 Å². The van der Waals surface area contributed by atoms with E-state index < -0.39 is 0 Å². The average Bonchev–Trinajstić information content (AvgIpc) is 2.40. The van der Waals surface area contributed by atoms with Gasteiger partial charge in [-0.1, -0.05) is 58.0 Å². The highest BCUT2D eigenvalue weighted by molar-refractivity contribution is 5.74. The van der Waals surface area contributed by atoms with Crippen LogP contribution in [0.15, 0.2) is 48.8 Å². The molecule has 1 heterocycles. The molecule has 2 nitrogen and oxygen atoms in total. The molecule has 0 N–H and O–H groups in total. The summed E-state index contributed by atoms with van der Waals surface area (Å²) in [5.74, 6) is 1.30. The van der Waals surface area contributed by atoms with Gasteiger partial charge >= 0.3 is 0 Å². The largest absolute Gasteiger partial charge is 0.293 e. The number of hydrogen-bond acceptors (Lipinski definition) is 2. The standard InChI is InChI=1S/C18H26N2/c1-15(2)12-19-11-10-18(14-20(19)13-16(3)4)17-8-6-5-7-9-17/h5-11,14-16H,12-13H2,1-4H3. The van der Waals surface area contributed by atoms with Gasteiger partial charge in [0, 0.05) is 31.1 Å². The third-order valence-electron chi connectivity index (χ3n) is 3.26. The van der Waals surface area contributed by atoms with E-state index >= 15 is 0 Å². The summed E-state index contributed by atoms with van der Waals surface area (Å²) in [6, 6.07) is 10.6. The fourth-order valence-corrected chi connectivity index (χ4v) is 2.40. The van der Waals surface area contributed by atoms with Crippen LogP contribution in [-0.4, -0.2) is 23.1 Å². The van der Waals surface area contributed by atoms with Crippen LogP contribution < -0.4 is 0 Å². The van der Waals surface area contributed by atoms with E-state index in [1.165, 1.54) is 11.1 Å². The van der Waals surface area contributed by atoms with E-state index in [0.717, 1.165) is 13.1 Å². The first-order valence-electron chi connectivity index (χ1n) is 7.55. The van der Waals surface area contributed by atoms with Gasteiger partial charge in [0.2, 0.25) is 0 Å². The Bertz CT molecular complexity index is 471. The molecule has 0 amide bonds. The number of hydrogen-bond donors (Lipinski definition) is 0. The van der Waals surface area contributed by atoms with Crippen molar-refractivity contribution in [3.8, 4) is 0 Å². The van der Waals surface area contributed by atoms with Gasteiger partial charge in [-0.2, -0.15) is 0 Å². The van der Waals surface area contributed by atoms with Crippen LogP contribution in [0.2, 0.25) is 0 Å². The zero-order valence-electron chi connectivity index (χ0n) is 13.1. The lowest BCUT2D eigenvalue weighted by Crippen LogP contribution is -2.40. The average molecular weight is 270 g/mol. The van der Waals surface area contributed by atoms with E-state index in [4.69, 9.17) is 0 Å². The summed E-state index contributed by atoms with van der Waals surface area (Å²) in [5, 5.41) is 4.68. The van der Waals surface area contributed by atoms with Crippen LogP contribution in [0.1, 0.15) is 33.3 Å². The maximum absolute atomic E-state index is 2.35. The van der Waals surface area contributed by atoms with Crippen molar-refractivity contribution in [2.75, 3.05) is 13.1 Å². The van der Waals surface area contributed by atoms with E-state index in [1.807, 2.05) is 0 Å². The first-order chi connectivity index (χ1) is 9.56. The Morgan fingerprint density at radius 3 is 2.05 bits per heavy atom. The molecule has 0 aliphatic carbocycles. The number of benzene rings is 1. The molecule has 0 bridgehead atoms. The van der Waals surface area contributed by atoms with Gasteiger partial charge in [0.15, 0.2) is 0 Å². The van der Waals surface area contributed by atoms with Crippen molar-refractivity contribution in [2.45, 2.75) is 27.7 Å². The van der Waals surface area contributed by atoms with E-state index in [-0.39, 0.29) is 0 Å². The van der Waals surface area contributed by atoms with E-state index in [1.54, 1.807) is 0 Å². The minimum absolute atomic E-state index is 0.643. The molecule has 0 unspecified atom stereocenters. The molecular formula is C18H26N2. The SMILES string of the molecule is CC(C)CN1C=CC(c2ccccc2)=CN1CC(C)C. The smallest absolute Gasteiger partial charge is 0.0412 e. The third kappa shape index (κ3) is 3.89. The summed E-state index contributed by atoms with van der Waals surface area (Å²) in [5.41, 5.74) is 2.56. The molecule has 0 saturated heterocycles. The third-order valence-corrected chi connectivity index (χ3v) is 3.26. The molecule has 1 aromatic carbocycles. The van der Waals surface area contributed by atoms with Crippen LogP contribution in [0.25, 0.3) is 5.57 Å². The van der Waals surface area contributed by atoms with Crippen molar-refractivity contribution < 1.29 is 0 Å². The Labute approximate surface area is 123 Å². The second-order valence-electron chi connectivity index (χ2n) is 6.30. The molecule has 0 aromatic heterocycles. The Kier molecular flexibility index (Phi) is 4.89. The van der Waals surface area contributed by atoms with E-state index in [0.29, 0.717) is 11.8 Å². The van der Waals surface area contributed by atoms with Crippen molar-refractivity contribution in [3.63, 3.8) is 0 Å². The Morgan fingerprint density at radius 2 is 1.45 bits per heavy atom. The lowest BCUT2D eigenvalue weighted by atomic mass is 10.1. The van der Waals surface area contributed by atoms with Crippen molar-refractivity contribution in [1.82, 2.24) is 10.0 Å². The molecule has 20 heavy (non-hydrogen) atoms. The quantitative estimate of drug-likeness (QED) is 0.783. The fraction of sp³-hybridized carbons (Fsp3) is 0.444. The number of nitrogens with zero attached hydrogens (tertiary/aromatic N) is 2. The molecule has 2 rings (SSSR count). The molecule has 1 aliphatic rings. The summed E-state index contributed by atoms with van der Waals surface area (Å²) in [6.07, 6.45) is 6.71. The summed E-state index contributed by atoms with van der Waals surface area (Å²) in [4.78, 5) is 0. The second kappa shape index (κ2) is 6.65. The predicted molar refractivity (Wildman–Crippen MR) is 86.6 cm³/mol. The van der Waals surface area contributed by atoms with Crippen LogP contribution >= 0.6 is 0 Å². The highest BCUT2D eigenvalue weighted by atomic mass is 15.6. The van der Waals surface area contributed by atoms with E-state index in [2.05, 4.69) is 86.5 Å². The van der Waals surface area contributed by atoms with Gasteiger partial charge in [0.25, 0.3) is 0 Å². The number of allylic oxidation sites excluding steroid dienone is 2. The van der Waals surface area contributed by atoms with Gasteiger partial charge in [0.05, 0.1) is 0 Å². The maximum Gasteiger partial charge on any atom is 0.0412 e. The van der Waals surface area contributed by atoms with Crippen molar-refractivity contribution in [1.29, 1.82) is 0 Å². The molecule has 2 heteroatoms. The Balaban J connectivity index is 2.20. The molecule has 1 aliphatic heterocycles.